The van der Waals surface area contributed by atoms with Crippen LogP contribution in [0.4, 0.5) is 4.79 Å². The SMILES string of the molecule is COc1ccc(CNC(=O)N[C@H](c2ccsc2)c2cccs2)cc1OC. The van der Waals surface area contributed by atoms with Crippen molar-refractivity contribution < 1.29 is 14.3 Å². The normalized spacial score (nSPS) is 11.6. The number of urea groups is 1. The van der Waals surface area contributed by atoms with Crippen LogP contribution in [0, 0.1) is 0 Å². The van der Waals surface area contributed by atoms with Gasteiger partial charge in [0.1, 0.15) is 0 Å². The van der Waals surface area contributed by atoms with E-state index in [-0.39, 0.29) is 12.1 Å². The van der Waals surface area contributed by atoms with Gasteiger partial charge in [-0.15, -0.1) is 11.3 Å². The zero-order chi connectivity index (χ0) is 18.4. The number of carbonyl (C=O) groups is 1. The van der Waals surface area contributed by atoms with E-state index in [0.717, 1.165) is 16.0 Å². The summed E-state index contributed by atoms with van der Waals surface area (Å²) in [4.78, 5) is 13.5. The molecule has 0 saturated carbocycles. The van der Waals surface area contributed by atoms with Crippen LogP contribution in [0.5, 0.6) is 11.5 Å². The summed E-state index contributed by atoms with van der Waals surface area (Å²) in [6.45, 7) is 0.396. The summed E-state index contributed by atoms with van der Waals surface area (Å²) in [5, 5.41) is 12.0. The van der Waals surface area contributed by atoms with E-state index in [1.54, 1.807) is 36.9 Å². The van der Waals surface area contributed by atoms with Crippen LogP contribution in [-0.4, -0.2) is 20.3 Å². The Morgan fingerprint density at radius 1 is 1.12 bits per heavy atom. The molecule has 0 spiro atoms. The molecule has 3 rings (SSSR count). The third-order valence-electron chi connectivity index (χ3n) is 3.88. The fraction of sp³-hybridized carbons (Fsp3) is 0.211. The second-order valence-corrected chi connectivity index (χ2v) is 7.28. The van der Waals surface area contributed by atoms with E-state index >= 15 is 0 Å². The first-order chi connectivity index (χ1) is 12.7. The second-order valence-electron chi connectivity index (χ2n) is 5.52. The van der Waals surface area contributed by atoms with Crippen molar-refractivity contribution in [2.24, 2.45) is 0 Å². The molecule has 2 aromatic heterocycles. The Hall–Kier alpha value is -2.51. The molecule has 26 heavy (non-hydrogen) atoms. The molecule has 0 radical (unpaired) electrons. The summed E-state index contributed by atoms with van der Waals surface area (Å²) in [7, 11) is 3.19. The highest BCUT2D eigenvalue weighted by molar-refractivity contribution is 7.10. The first-order valence-corrected chi connectivity index (χ1v) is 9.84. The Labute approximate surface area is 160 Å². The van der Waals surface area contributed by atoms with E-state index in [0.29, 0.717) is 18.0 Å². The van der Waals surface area contributed by atoms with Crippen LogP contribution < -0.4 is 20.1 Å². The van der Waals surface area contributed by atoms with Crippen LogP contribution in [0.1, 0.15) is 22.0 Å². The van der Waals surface area contributed by atoms with Gasteiger partial charge in [0.2, 0.25) is 0 Å². The molecule has 0 unspecified atom stereocenters. The molecule has 0 aliphatic rings. The minimum Gasteiger partial charge on any atom is -0.493 e. The number of benzene rings is 1. The number of nitrogens with one attached hydrogen (secondary N) is 2. The molecule has 0 saturated heterocycles. The van der Waals surface area contributed by atoms with Crippen LogP contribution in [0.3, 0.4) is 0 Å². The summed E-state index contributed by atoms with van der Waals surface area (Å²) in [5.41, 5.74) is 2.01. The summed E-state index contributed by atoms with van der Waals surface area (Å²) >= 11 is 3.24. The third-order valence-corrected chi connectivity index (χ3v) is 5.52. The summed E-state index contributed by atoms with van der Waals surface area (Å²) in [6, 6.07) is 11.3. The number of methoxy groups -OCH3 is 2. The van der Waals surface area contributed by atoms with Crippen molar-refractivity contribution in [1.29, 1.82) is 0 Å². The van der Waals surface area contributed by atoms with Gasteiger partial charge < -0.3 is 20.1 Å². The maximum absolute atomic E-state index is 12.4. The molecule has 0 aliphatic heterocycles. The molecule has 0 aliphatic carbocycles. The molecule has 2 heterocycles. The van der Waals surface area contributed by atoms with Crippen molar-refractivity contribution in [2.45, 2.75) is 12.6 Å². The zero-order valence-electron chi connectivity index (χ0n) is 14.5. The van der Waals surface area contributed by atoms with E-state index in [9.17, 15) is 4.79 Å². The highest BCUT2D eigenvalue weighted by atomic mass is 32.1. The highest BCUT2D eigenvalue weighted by Crippen LogP contribution is 2.28. The maximum atomic E-state index is 12.4. The Bertz CT molecular complexity index is 798. The summed E-state index contributed by atoms with van der Waals surface area (Å²) in [6.07, 6.45) is 0. The number of amides is 2. The first-order valence-electron chi connectivity index (χ1n) is 8.02. The van der Waals surface area contributed by atoms with Crippen LogP contribution in [0.15, 0.2) is 52.5 Å². The van der Waals surface area contributed by atoms with Crippen LogP contribution in [-0.2, 0) is 6.54 Å². The number of ether oxygens (including phenoxy) is 2. The van der Waals surface area contributed by atoms with Crippen LogP contribution in [0.2, 0.25) is 0 Å². The lowest BCUT2D eigenvalue weighted by Crippen LogP contribution is -2.37. The Morgan fingerprint density at radius 3 is 2.62 bits per heavy atom. The number of hydrogen-bond acceptors (Lipinski definition) is 5. The van der Waals surface area contributed by atoms with Crippen molar-refractivity contribution in [3.8, 4) is 11.5 Å². The largest absolute Gasteiger partial charge is 0.493 e. The molecule has 1 aromatic carbocycles. The Balaban J connectivity index is 1.64. The van der Waals surface area contributed by atoms with Gasteiger partial charge in [0.25, 0.3) is 0 Å². The number of hydrogen-bond donors (Lipinski definition) is 2. The average molecular weight is 389 g/mol. The average Bonchev–Trinajstić information content (AvgIpc) is 3.38. The van der Waals surface area contributed by atoms with Gasteiger partial charge in [-0.2, -0.15) is 11.3 Å². The summed E-state index contributed by atoms with van der Waals surface area (Å²) < 4.78 is 10.5. The fourth-order valence-corrected chi connectivity index (χ4v) is 4.06. The third kappa shape index (κ3) is 4.36. The number of rotatable bonds is 7. The smallest absolute Gasteiger partial charge is 0.315 e. The Morgan fingerprint density at radius 2 is 1.96 bits per heavy atom. The van der Waals surface area contributed by atoms with Gasteiger partial charge in [-0.05, 0) is 51.5 Å². The van der Waals surface area contributed by atoms with Gasteiger partial charge in [-0.25, -0.2) is 4.79 Å². The molecule has 5 nitrogen and oxygen atoms in total. The molecule has 2 amide bonds. The van der Waals surface area contributed by atoms with Crippen molar-refractivity contribution in [3.63, 3.8) is 0 Å². The van der Waals surface area contributed by atoms with Crippen LogP contribution in [0.25, 0.3) is 0 Å². The van der Waals surface area contributed by atoms with Gasteiger partial charge in [-0.3, -0.25) is 0 Å². The minimum atomic E-state index is -0.218. The lowest BCUT2D eigenvalue weighted by atomic mass is 10.1. The molecule has 2 N–H and O–H groups in total. The minimum absolute atomic E-state index is 0.147. The highest BCUT2D eigenvalue weighted by Gasteiger charge is 2.18. The van der Waals surface area contributed by atoms with Crippen LogP contribution >= 0.6 is 22.7 Å². The topological polar surface area (TPSA) is 59.6 Å². The molecule has 1 atom stereocenters. The maximum Gasteiger partial charge on any atom is 0.315 e. The fourth-order valence-electron chi connectivity index (χ4n) is 2.57. The van der Waals surface area contributed by atoms with Gasteiger partial charge in [0.05, 0.1) is 20.3 Å². The number of carbonyl (C=O) groups excluding carboxylic acids is 1. The number of thiophene rings is 2. The quantitative estimate of drug-likeness (QED) is 0.630. The second kappa shape index (κ2) is 8.73. The van der Waals surface area contributed by atoms with E-state index in [1.165, 1.54) is 0 Å². The molecule has 0 bridgehead atoms. The lowest BCUT2D eigenvalue weighted by molar-refractivity contribution is 0.238. The molecule has 7 heteroatoms. The van der Waals surface area contributed by atoms with Crippen molar-refractivity contribution in [1.82, 2.24) is 10.6 Å². The van der Waals surface area contributed by atoms with E-state index in [1.807, 2.05) is 47.2 Å². The van der Waals surface area contributed by atoms with Crippen molar-refractivity contribution in [3.05, 3.63) is 68.5 Å². The van der Waals surface area contributed by atoms with E-state index in [4.69, 9.17) is 9.47 Å². The lowest BCUT2D eigenvalue weighted by Gasteiger charge is -2.17. The standard InChI is InChI=1S/C19H20N2O3S2/c1-23-15-6-5-13(10-16(15)24-2)11-20-19(22)21-18(14-7-9-25-12-14)17-4-3-8-26-17/h3-10,12,18H,11H2,1-2H3,(H2,20,21,22)/t18-/m1/s1. The predicted molar refractivity (Wildman–Crippen MR) is 105 cm³/mol. The molecular formula is C19H20N2O3S2. The van der Waals surface area contributed by atoms with Gasteiger partial charge in [0.15, 0.2) is 11.5 Å². The van der Waals surface area contributed by atoms with Gasteiger partial charge in [0, 0.05) is 11.4 Å². The van der Waals surface area contributed by atoms with Gasteiger partial charge in [-0.1, -0.05) is 12.1 Å². The predicted octanol–water partition coefficient (Wildman–Crippen LogP) is 4.42. The van der Waals surface area contributed by atoms with Crippen molar-refractivity contribution >= 4 is 28.7 Å². The van der Waals surface area contributed by atoms with E-state index in [2.05, 4.69) is 16.0 Å². The summed E-state index contributed by atoms with van der Waals surface area (Å²) in [5.74, 6) is 1.30. The first kappa shape index (κ1) is 18.3. The molecule has 3 aromatic rings. The monoisotopic (exact) mass is 388 g/mol. The zero-order valence-corrected chi connectivity index (χ0v) is 16.2. The molecule has 136 valence electrons. The van der Waals surface area contributed by atoms with Gasteiger partial charge >= 0.3 is 6.03 Å². The Kier molecular flexibility index (Phi) is 6.14. The molecule has 0 fully saturated rings. The molecular weight excluding hydrogens is 368 g/mol. The van der Waals surface area contributed by atoms with Crippen molar-refractivity contribution in [2.75, 3.05) is 14.2 Å². The van der Waals surface area contributed by atoms with E-state index < -0.39 is 0 Å².